The quantitative estimate of drug-likeness (QED) is 0.159. The van der Waals surface area contributed by atoms with Gasteiger partial charge in [0.15, 0.2) is 0 Å². The monoisotopic (exact) mass is 529 g/mol. The Balaban J connectivity index is 1.87. The van der Waals surface area contributed by atoms with Gasteiger partial charge in [-0.15, -0.1) is 0 Å². The molecule has 4 unspecified atom stereocenters. The molecule has 38 heavy (non-hydrogen) atoms. The van der Waals surface area contributed by atoms with Crippen molar-refractivity contribution in [3.63, 3.8) is 0 Å². The minimum absolute atomic E-state index is 0.00411. The van der Waals surface area contributed by atoms with Gasteiger partial charge in [-0.05, 0) is 24.5 Å². The standard InChI is InChI=1S/C24H31N7O7/c25-14(9-19(26)32)21(34)29-16(10-20(27)33)22(35)30-17(23(36)31-7-3-6-18(31)24(37)38)8-12-11-28-15-5-2-1-4-13(12)15/h1-2,4-5,11,14,16-18,28H,3,6-10,25H2,(H2,26,32)(H2,27,33)(H,29,34)(H,30,35)(H,37,38). The summed E-state index contributed by atoms with van der Waals surface area (Å²) in [5, 5.41) is 15.2. The first kappa shape index (κ1) is 28.1. The SMILES string of the molecule is NC(=O)CC(N)C(=O)NC(CC(N)=O)C(=O)NC(Cc1c[nH]c2ccccc12)C(=O)N1CCCC1C(=O)O. The number of carbonyl (C=O) groups excluding carboxylic acids is 5. The zero-order valence-electron chi connectivity index (χ0n) is 20.5. The zero-order valence-corrected chi connectivity index (χ0v) is 20.5. The Morgan fingerprint density at radius 1 is 1.00 bits per heavy atom. The van der Waals surface area contributed by atoms with Gasteiger partial charge in [0.2, 0.25) is 29.5 Å². The van der Waals surface area contributed by atoms with Crippen LogP contribution in [0.4, 0.5) is 0 Å². The molecule has 1 aromatic heterocycles. The summed E-state index contributed by atoms with van der Waals surface area (Å²) in [7, 11) is 0. The molecule has 4 atom stereocenters. The van der Waals surface area contributed by atoms with E-state index in [1.807, 2.05) is 24.3 Å². The van der Waals surface area contributed by atoms with Gasteiger partial charge in [-0.25, -0.2) is 4.79 Å². The van der Waals surface area contributed by atoms with E-state index in [1.165, 1.54) is 4.90 Å². The van der Waals surface area contributed by atoms with Crippen molar-refractivity contribution in [1.29, 1.82) is 0 Å². The number of carboxylic acids is 1. The highest BCUT2D eigenvalue weighted by Crippen LogP contribution is 2.23. The van der Waals surface area contributed by atoms with E-state index in [-0.39, 0.29) is 19.4 Å². The number of aliphatic carboxylic acids is 1. The van der Waals surface area contributed by atoms with Crippen LogP contribution in [0.5, 0.6) is 0 Å². The molecule has 3 rings (SSSR count). The minimum atomic E-state index is -1.51. The number of para-hydroxylation sites is 1. The molecular weight excluding hydrogens is 498 g/mol. The molecule has 204 valence electrons. The van der Waals surface area contributed by atoms with Gasteiger partial charge in [-0.2, -0.15) is 0 Å². The Hall–Kier alpha value is -4.46. The maximum atomic E-state index is 13.5. The molecule has 0 radical (unpaired) electrons. The summed E-state index contributed by atoms with van der Waals surface area (Å²) in [6.07, 6.45) is 1.32. The molecule has 0 saturated carbocycles. The maximum Gasteiger partial charge on any atom is 0.326 e. The second kappa shape index (κ2) is 12.2. The van der Waals surface area contributed by atoms with Gasteiger partial charge in [0.25, 0.3) is 0 Å². The van der Waals surface area contributed by atoms with Crippen LogP contribution < -0.4 is 27.8 Å². The number of carbonyl (C=O) groups is 6. The second-order valence-corrected chi connectivity index (χ2v) is 9.16. The van der Waals surface area contributed by atoms with Gasteiger partial charge >= 0.3 is 5.97 Å². The van der Waals surface area contributed by atoms with Gasteiger partial charge in [-0.3, -0.25) is 24.0 Å². The maximum absolute atomic E-state index is 13.5. The highest BCUT2D eigenvalue weighted by molar-refractivity contribution is 5.97. The number of aromatic nitrogens is 1. The first-order valence-corrected chi connectivity index (χ1v) is 12.0. The van der Waals surface area contributed by atoms with Crippen molar-refractivity contribution in [2.75, 3.05) is 6.54 Å². The largest absolute Gasteiger partial charge is 0.480 e. The van der Waals surface area contributed by atoms with Crippen LogP contribution in [0, 0.1) is 0 Å². The summed E-state index contributed by atoms with van der Waals surface area (Å²) >= 11 is 0. The van der Waals surface area contributed by atoms with Crippen LogP contribution in [0.1, 0.15) is 31.2 Å². The molecule has 1 aliphatic rings. The van der Waals surface area contributed by atoms with Crippen LogP contribution in [-0.4, -0.2) is 81.2 Å². The summed E-state index contributed by atoms with van der Waals surface area (Å²) in [6.45, 7) is 0.194. The number of hydrogen-bond donors (Lipinski definition) is 7. The van der Waals surface area contributed by atoms with E-state index in [1.54, 1.807) is 6.20 Å². The van der Waals surface area contributed by atoms with Crippen LogP contribution in [-0.2, 0) is 35.2 Å². The number of amides is 5. The molecule has 14 nitrogen and oxygen atoms in total. The number of primary amides is 2. The Bertz CT molecular complexity index is 1240. The molecule has 2 heterocycles. The number of H-pyrrole nitrogens is 1. The normalized spacial score (nSPS) is 17.4. The number of carboxylic acid groups (broad SMARTS) is 1. The predicted octanol–water partition coefficient (Wildman–Crippen LogP) is -2.17. The summed E-state index contributed by atoms with van der Waals surface area (Å²) in [5.74, 6) is -5.37. The number of aromatic amines is 1. The molecule has 1 fully saturated rings. The average molecular weight is 530 g/mol. The Morgan fingerprint density at radius 2 is 1.66 bits per heavy atom. The lowest BCUT2D eigenvalue weighted by molar-refractivity contribution is -0.149. The number of nitrogens with one attached hydrogen (secondary N) is 3. The van der Waals surface area contributed by atoms with Crippen LogP contribution in [0.25, 0.3) is 10.9 Å². The van der Waals surface area contributed by atoms with E-state index in [0.29, 0.717) is 12.0 Å². The topological polar surface area (TPSA) is 244 Å². The number of nitrogens with zero attached hydrogens (tertiary/aromatic N) is 1. The van der Waals surface area contributed by atoms with Crippen LogP contribution in [0.3, 0.4) is 0 Å². The van der Waals surface area contributed by atoms with E-state index >= 15 is 0 Å². The first-order chi connectivity index (χ1) is 18.0. The second-order valence-electron chi connectivity index (χ2n) is 9.16. The minimum Gasteiger partial charge on any atom is -0.480 e. The van der Waals surface area contributed by atoms with E-state index in [9.17, 15) is 33.9 Å². The summed E-state index contributed by atoms with van der Waals surface area (Å²) in [5.41, 5.74) is 17.4. The number of rotatable bonds is 12. The third kappa shape index (κ3) is 6.85. The van der Waals surface area contributed by atoms with Crippen molar-refractivity contribution in [3.8, 4) is 0 Å². The molecule has 1 aliphatic heterocycles. The molecule has 0 bridgehead atoms. The third-order valence-corrected chi connectivity index (χ3v) is 6.33. The fraction of sp³-hybridized carbons (Fsp3) is 0.417. The van der Waals surface area contributed by atoms with Gasteiger partial charge in [-0.1, -0.05) is 18.2 Å². The summed E-state index contributed by atoms with van der Waals surface area (Å²) in [4.78, 5) is 77.9. The van der Waals surface area contributed by atoms with Crippen molar-refractivity contribution in [1.82, 2.24) is 20.5 Å². The molecule has 1 aromatic carbocycles. The lowest BCUT2D eigenvalue weighted by atomic mass is 10.0. The van der Waals surface area contributed by atoms with Crippen LogP contribution in [0.15, 0.2) is 30.5 Å². The number of benzene rings is 1. The van der Waals surface area contributed by atoms with Gasteiger partial charge < -0.3 is 42.8 Å². The third-order valence-electron chi connectivity index (χ3n) is 6.33. The average Bonchev–Trinajstić information content (AvgIpc) is 3.50. The van der Waals surface area contributed by atoms with Gasteiger partial charge in [0, 0.05) is 30.1 Å². The van der Waals surface area contributed by atoms with E-state index < -0.39 is 72.5 Å². The molecule has 2 aromatic rings. The molecule has 0 aliphatic carbocycles. The number of hydrogen-bond acceptors (Lipinski definition) is 7. The molecule has 10 N–H and O–H groups in total. The van der Waals surface area contributed by atoms with E-state index in [4.69, 9.17) is 17.2 Å². The number of likely N-dealkylation sites (tertiary alicyclic amines) is 1. The lowest BCUT2D eigenvalue weighted by Gasteiger charge is -2.28. The van der Waals surface area contributed by atoms with Crippen molar-refractivity contribution < 1.29 is 33.9 Å². The molecule has 1 saturated heterocycles. The fourth-order valence-electron chi connectivity index (χ4n) is 4.48. The number of nitrogens with two attached hydrogens (primary N) is 3. The molecule has 5 amide bonds. The smallest absolute Gasteiger partial charge is 0.326 e. The van der Waals surface area contributed by atoms with E-state index in [2.05, 4.69) is 15.6 Å². The summed E-state index contributed by atoms with van der Waals surface area (Å²) < 4.78 is 0. The lowest BCUT2D eigenvalue weighted by Crippen LogP contribution is -2.58. The zero-order chi connectivity index (χ0) is 28.0. The van der Waals surface area contributed by atoms with Gasteiger partial charge in [0.1, 0.15) is 18.1 Å². The highest BCUT2D eigenvalue weighted by atomic mass is 16.4. The number of fused-ring (bicyclic) bond motifs is 1. The summed E-state index contributed by atoms with van der Waals surface area (Å²) in [6, 6.07) is 2.15. The Kier molecular flexibility index (Phi) is 9.02. The molecule has 14 heteroatoms. The van der Waals surface area contributed by atoms with Crippen molar-refractivity contribution in [2.24, 2.45) is 17.2 Å². The van der Waals surface area contributed by atoms with Crippen molar-refractivity contribution in [3.05, 3.63) is 36.0 Å². The van der Waals surface area contributed by atoms with E-state index in [0.717, 1.165) is 10.9 Å². The van der Waals surface area contributed by atoms with Crippen molar-refractivity contribution in [2.45, 2.75) is 56.3 Å². The fourth-order valence-corrected chi connectivity index (χ4v) is 4.48. The van der Waals surface area contributed by atoms with Crippen LogP contribution >= 0.6 is 0 Å². The Morgan fingerprint density at radius 3 is 2.32 bits per heavy atom. The van der Waals surface area contributed by atoms with Crippen LogP contribution in [0.2, 0.25) is 0 Å². The predicted molar refractivity (Wildman–Crippen MR) is 134 cm³/mol. The molecular formula is C24H31N7O7. The Labute approximate surface area is 217 Å². The first-order valence-electron chi connectivity index (χ1n) is 12.0. The van der Waals surface area contributed by atoms with Crippen molar-refractivity contribution >= 4 is 46.4 Å². The van der Waals surface area contributed by atoms with Gasteiger partial charge in [0.05, 0.1) is 18.9 Å². The highest BCUT2D eigenvalue weighted by Gasteiger charge is 2.39. The molecule has 0 spiro atoms.